The number of rotatable bonds is 6. The molecule has 0 radical (unpaired) electrons. The second-order valence-corrected chi connectivity index (χ2v) is 9.09. The van der Waals surface area contributed by atoms with E-state index in [4.69, 9.17) is 0 Å². The number of carboxylic acid groups (broad SMARTS) is 1. The highest BCUT2D eigenvalue weighted by atomic mass is 16.4. The highest BCUT2D eigenvalue weighted by Crippen LogP contribution is 2.42. The van der Waals surface area contributed by atoms with Crippen LogP contribution in [0.25, 0.3) is 0 Å². The summed E-state index contributed by atoms with van der Waals surface area (Å²) in [6.45, 7) is 7.42. The van der Waals surface area contributed by atoms with Crippen molar-refractivity contribution in [2.75, 3.05) is 10.6 Å². The minimum atomic E-state index is -0.850. The molecule has 1 aromatic carbocycles. The van der Waals surface area contributed by atoms with Crippen molar-refractivity contribution < 1.29 is 19.5 Å². The van der Waals surface area contributed by atoms with Crippen molar-refractivity contribution >= 4 is 29.2 Å². The third kappa shape index (κ3) is 6.08. The Morgan fingerprint density at radius 1 is 1.04 bits per heavy atom. The molecule has 0 aliphatic heterocycles. The van der Waals surface area contributed by atoms with Gasteiger partial charge in [-0.25, -0.2) is 0 Å². The molecule has 1 aromatic rings. The summed E-state index contributed by atoms with van der Waals surface area (Å²) >= 11 is 0. The first-order valence-corrected chi connectivity index (χ1v) is 9.95. The summed E-state index contributed by atoms with van der Waals surface area (Å²) < 4.78 is 0. The second kappa shape index (κ2) is 8.76. The number of anilines is 2. The van der Waals surface area contributed by atoms with Crippen molar-refractivity contribution in [1.82, 2.24) is 0 Å². The lowest BCUT2D eigenvalue weighted by Crippen LogP contribution is -2.32. The number of nitrogens with one attached hydrogen (secondary N) is 2. The van der Waals surface area contributed by atoms with Crippen molar-refractivity contribution in [2.24, 2.45) is 10.8 Å². The Labute approximate surface area is 167 Å². The smallest absolute Gasteiger partial charge is 0.303 e. The van der Waals surface area contributed by atoms with E-state index in [1.54, 1.807) is 12.1 Å². The fraction of sp³-hybridized carbons (Fsp3) is 0.591. The maximum Gasteiger partial charge on any atom is 0.303 e. The van der Waals surface area contributed by atoms with Crippen LogP contribution < -0.4 is 10.6 Å². The number of carbonyl (C=O) groups excluding carboxylic acids is 2. The van der Waals surface area contributed by atoms with E-state index < -0.39 is 16.8 Å². The van der Waals surface area contributed by atoms with Crippen molar-refractivity contribution in [1.29, 1.82) is 0 Å². The molecule has 2 rings (SSSR count). The number of aryl methyl sites for hydroxylation is 1. The summed E-state index contributed by atoms with van der Waals surface area (Å²) in [5.74, 6) is -1.13. The van der Waals surface area contributed by atoms with E-state index >= 15 is 0 Å². The highest BCUT2D eigenvalue weighted by molar-refractivity contribution is 5.97. The van der Waals surface area contributed by atoms with E-state index in [-0.39, 0.29) is 24.7 Å². The summed E-state index contributed by atoms with van der Waals surface area (Å²) in [5, 5.41) is 15.1. The van der Waals surface area contributed by atoms with Crippen LogP contribution in [-0.2, 0) is 14.4 Å². The molecule has 0 bridgehead atoms. The molecule has 2 amide bonds. The molecule has 1 saturated carbocycles. The van der Waals surface area contributed by atoms with Crippen LogP contribution >= 0.6 is 0 Å². The maximum atomic E-state index is 12.7. The summed E-state index contributed by atoms with van der Waals surface area (Å²) in [6.07, 6.45) is 4.80. The highest BCUT2D eigenvalue weighted by Gasteiger charge is 2.36. The van der Waals surface area contributed by atoms with Crippen molar-refractivity contribution in [3.8, 4) is 0 Å². The Balaban J connectivity index is 2.09. The third-order valence-corrected chi connectivity index (χ3v) is 5.43. The molecule has 0 aromatic heterocycles. The maximum absolute atomic E-state index is 12.7. The first-order chi connectivity index (χ1) is 13.0. The zero-order valence-corrected chi connectivity index (χ0v) is 17.4. The molecule has 1 aliphatic rings. The fourth-order valence-corrected chi connectivity index (χ4v) is 3.73. The summed E-state index contributed by atoms with van der Waals surface area (Å²) in [4.78, 5) is 36.2. The molecule has 1 fully saturated rings. The van der Waals surface area contributed by atoms with Gasteiger partial charge in [0, 0.05) is 23.2 Å². The van der Waals surface area contributed by atoms with E-state index in [9.17, 15) is 19.5 Å². The van der Waals surface area contributed by atoms with Crippen LogP contribution in [0.4, 0.5) is 11.4 Å². The Bertz CT molecular complexity index is 743. The molecular weight excluding hydrogens is 356 g/mol. The van der Waals surface area contributed by atoms with Gasteiger partial charge in [-0.2, -0.15) is 0 Å². The summed E-state index contributed by atoms with van der Waals surface area (Å²) in [7, 11) is 0. The molecule has 0 saturated heterocycles. The van der Waals surface area contributed by atoms with Gasteiger partial charge in [0.2, 0.25) is 11.8 Å². The van der Waals surface area contributed by atoms with Crippen molar-refractivity contribution in [3.63, 3.8) is 0 Å². The quantitative estimate of drug-likeness (QED) is 0.656. The third-order valence-electron chi connectivity index (χ3n) is 5.43. The standard InChI is InChI=1S/C22H32N2O4/c1-15-8-9-16(12-17(15)24-20(28)21(2,3)4)23-18(25)13-22(14-19(26)27)10-6-5-7-11-22/h8-9,12H,5-7,10-11,13-14H2,1-4H3,(H,23,25)(H,24,28)(H,26,27). The lowest BCUT2D eigenvalue weighted by atomic mass is 9.69. The van der Waals surface area contributed by atoms with Crippen LogP contribution in [0.3, 0.4) is 0 Å². The fourth-order valence-electron chi connectivity index (χ4n) is 3.73. The van der Waals surface area contributed by atoms with E-state index in [1.807, 2.05) is 33.8 Å². The first-order valence-electron chi connectivity index (χ1n) is 9.95. The number of carbonyl (C=O) groups is 3. The minimum absolute atomic E-state index is 0.0290. The van der Waals surface area contributed by atoms with Gasteiger partial charge in [0.15, 0.2) is 0 Å². The van der Waals surface area contributed by atoms with Gasteiger partial charge in [0.25, 0.3) is 0 Å². The first kappa shape index (κ1) is 21.9. The number of hydrogen-bond acceptors (Lipinski definition) is 3. The molecule has 28 heavy (non-hydrogen) atoms. The molecular formula is C22H32N2O4. The Hall–Kier alpha value is -2.37. The Morgan fingerprint density at radius 2 is 1.68 bits per heavy atom. The molecule has 0 unspecified atom stereocenters. The molecule has 1 aliphatic carbocycles. The number of amides is 2. The van der Waals surface area contributed by atoms with Crippen LogP contribution in [0.1, 0.15) is 71.3 Å². The van der Waals surface area contributed by atoms with Crippen LogP contribution in [0.5, 0.6) is 0 Å². The Morgan fingerprint density at radius 3 is 2.25 bits per heavy atom. The molecule has 0 atom stereocenters. The number of hydrogen-bond donors (Lipinski definition) is 3. The average Bonchev–Trinajstić information content (AvgIpc) is 2.56. The molecule has 0 spiro atoms. The monoisotopic (exact) mass is 388 g/mol. The van der Waals surface area contributed by atoms with Crippen molar-refractivity contribution in [2.45, 2.75) is 72.6 Å². The van der Waals surface area contributed by atoms with Gasteiger partial charge in [-0.3, -0.25) is 14.4 Å². The number of aliphatic carboxylic acids is 1. The number of benzene rings is 1. The van der Waals surface area contributed by atoms with E-state index in [0.717, 1.165) is 37.7 Å². The minimum Gasteiger partial charge on any atom is -0.481 e. The SMILES string of the molecule is Cc1ccc(NC(=O)CC2(CC(=O)O)CCCCC2)cc1NC(=O)C(C)(C)C. The van der Waals surface area contributed by atoms with Gasteiger partial charge in [-0.1, -0.05) is 46.1 Å². The van der Waals surface area contributed by atoms with Gasteiger partial charge in [0.1, 0.15) is 0 Å². The van der Waals surface area contributed by atoms with Crippen LogP contribution in [-0.4, -0.2) is 22.9 Å². The van der Waals surface area contributed by atoms with E-state index in [2.05, 4.69) is 10.6 Å². The summed E-state index contributed by atoms with van der Waals surface area (Å²) in [5.41, 5.74) is 1.19. The molecule has 154 valence electrons. The van der Waals surface area contributed by atoms with Crippen LogP contribution in [0.15, 0.2) is 18.2 Å². The second-order valence-electron chi connectivity index (χ2n) is 9.09. The zero-order chi connectivity index (χ0) is 20.9. The zero-order valence-electron chi connectivity index (χ0n) is 17.4. The lowest BCUT2D eigenvalue weighted by molar-refractivity contribution is -0.141. The molecule has 6 heteroatoms. The van der Waals surface area contributed by atoms with Gasteiger partial charge in [0.05, 0.1) is 6.42 Å². The predicted octanol–water partition coefficient (Wildman–Crippen LogP) is 4.73. The Kier molecular flexibility index (Phi) is 6.86. The molecule has 3 N–H and O–H groups in total. The van der Waals surface area contributed by atoms with Crippen LogP contribution in [0, 0.1) is 17.8 Å². The number of carboxylic acids is 1. The van der Waals surface area contributed by atoms with Gasteiger partial charge < -0.3 is 15.7 Å². The normalized spacial score (nSPS) is 16.3. The van der Waals surface area contributed by atoms with Gasteiger partial charge in [-0.05, 0) is 42.9 Å². The molecule has 6 nitrogen and oxygen atoms in total. The van der Waals surface area contributed by atoms with E-state index in [1.165, 1.54) is 0 Å². The van der Waals surface area contributed by atoms with Gasteiger partial charge in [-0.15, -0.1) is 0 Å². The topological polar surface area (TPSA) is 95.5 Å². The largest absolute Gasteiger partial charge is 0.481 e. The molecule has 0 heterocycles. The predicted molar refractivity (Wildman–Crippen MR) is 110 cm³/mol. The van der Waals surface area contributed by atoms with Crippen molar-refractivity contribution in [3.05, 3.63) is 23.8 Å². The van der Waals surface area contributed by atoms with Crippen LogP contribution in [0.2, 0.25) is 0 Å². The summed E-state index contributed by atoms with van der Waals surface area (Å²) in [6, 6.07) is 5.40. The van der Waals surface area contributed by atoms with E-state index in [0.29, 0.717) is 11.4 Å². The lowest BCUT2D eigenvalue weighted by Gasteiger charge is -2.35. The average molecular weight is 389 g/mol. The van der Waals surface area contributed by atoms with Gasteiger partial charge >= 0.3 is 5.97 Å².